The Balaban J connectivity index is 1.93. The molecule has 0 saturated heterocycles. The SMILES string of the molecule is N=C1C(=C(N)N)C=CN1[C@@H]1CC[C@H](COS(N)(=O)=O)C1. The predicted molar refractivity (Wildman–Crippen MR) is 74.3 cm³/mol. The molecule has 1 fully saturated rings. The fourth-order valence-electron chi connectivity index (χ4n) is 2.63. The van der Waals surface area contributed by atoms with Crippen LogP contribution in [0.5, 0.6) is 0 Å². The van der Waals surface area contributed by atoms with E-state index in [1.54, 1.807) is 12.3 Å². The van der Waals surface area contributed by atoms with Crippen molar-refractivity contribution in [1.82, 2.24) is 4.90 Å². The van der Waals surface area contributed by atoms with Gasteiger partial charge in [-0.25, -0.2) is 5.14 Å². The highest BCUT2D eigenvalue weighted by atomic mass is 32.2. The number of hydrogen-bond donors (Lipinski definition) is 4. The maximum Gasteiger partial charge on any atom is 0.333 e. The van der Waals surface area contributed by atoms with Gasteiger partial charge in [0, 0.05) is 12.2 Å². The first-order valence-corrected chi connectivity index (χ1v) is 7.73. The van der Waals surface area contributed by atoms with Gasteiger partial charge in [-0.05, 0) is 31.3 Å². The fraction of sp³-hybridized carbons (Fsp3) is 0.545. The zero-order chi connectivity index (χ0) is 14.9. The lowest BCUT2D eigenvalue weighted by Crippen LogP contribution is -2.33. The molecule has 0 aromatic heterocycles. The number of nitrogens with two attached hydrogens (primary N) is 3. The maximum absolute atomic E-state index is 10.8. The second-order valence-electron chi connectivity index (χ2n) is 5.05. The molecule has 1 heterocycles. The van der Waals surface area contributed by atoms with Crippen LogP contribution in [0, 0.1) is 11.3 Å². The molecule has 2 rings (SSSR count). The molecule has 0 amide bonds. The number of nitrogens with zero attached hydrogens (tertiary/aromatic N) is 1. The Morgan fingerprint density at radius 3 is 2.70 bits per heavy atom. The van der Waals surface area contributed by atoms with E-state index >= 15 is 0 Å². The first-order chi connectivity index (χ1) is 9.28. The van der Waals surface area contributed by atoms with Crippen LogP contribution in [0.3, 0.4) is 0 Å². The van der Waals surface area contributed by atoms with Crippen LogP contribution < -0.4 is 16.6 Å². The summed E-state index contributed by atoms with van der Waals surface area (Å²) in [5.41, 5.74) is 11.5. The molecule has 0 aromatic rings. The van der Waals surface area contributed by atoms with E-state index in [0.29, 0.717) is 5.57 Å². The lowest BCUT2D eigenvalue weighted by Gasteiger charge is -2.24. The van der Waals surface area contributed by atoms with Crippen molar-refractivity contribution in [3.63, 3.8) is 0 Å². The Morgan fingerprint density at radius 1 is 1.45 bits per heavy atom. The van der Waals surface area contributed by atoms with Crippen molar-refractivity contribution in [2.45, 2.75) is 25.3 Å². The van der Waals surface area contributed by atoms with E-state index in [9.17, 15) is 8.42 Å². The maximum atomic E-state index is 10.8. The molecule has 0 bridgehead atoms. The molecule has 20 heavy (non-hydrogen) atoms. The van der Waals surface area contributed by atoms with Crippen LogP contribution in [0.15, 0.2) is 23.7 Å². The van der Waals surface area contributed by atoms with E-state index in [1.165, 1.54) is 0 Å². The van der Waals surface area contributed by atoms with Crippen LogP contribution in [0.2, 0.25) is 0 Å². The highest BCUT2D eigenvalue weighted by Crippen LogP contribution is 2.32. The van der Waals surface area contributed by atoms with Gasteiger partial charge in [0.1, 0.15) is 11.7 Å². The number of hydrogen-bond acceptors (Lipinski definition) is 6. The predicted octanol–water partition coefficient (Wildman–Crippen LogP) is -0.689. The standard InChI is InChI=1S/C11H19N5O3S/c12-10(13)9-3-4-16(11(9)14)8-2-1-7(5-8)6-19-20(15,17)18/h3-4,7-8,14H,1-2,5-6,12-13H2,(H2,15,17,18)/t7-,8+/m0/s1. The van der Waals surface area contributed by atoms with Crippen molar-refractivity contribution in [3.05, 3.63) is 23.7 Å². The first kappa shape index (κ1) is 14.8. The monoisotopic (exact) mass is 301 g/mol. The number of amidine groups is 1. The molecule has 0 unspecified atom stereocenters. The molecule has 0 radical (unpaired) electrons. The normalized spacial score (nSPS) is 26.6. The molecule has 8 nitrogen and oxygen atoms in total. The van der Waals surface area contributed by atoms with Gasteiger partial charge in [0.15, 0.2) is 0 Å². The summed E-state index contributed by atoms with van der Waals surface area (Å²) in [5, 5.41) is 12.8. The largest absolute Gasteiger partial charge is 0.385 e. The molecule has 1 aliphatic heterocycles. The molecular formula is C11H19N5O3S. The van der Waals surface area contributed by atoms with E-state index < -0.39 is 10.3 Å². The van der Waals surface area contributed by atoms with Crippen molar-refractivity contribution in [2.75, 3.05) is 6.61 Å². The summed E-state index contributed by atoms with van der Waals surface area (Å²) in [6.45, 7) is 0.0853. The Labute approximate surface area is 118 Å². The van der Waals surface area contributed by atoms with Gasteiger partial charge < -0.3 is 16.4 Å². The summed E-state index contributed by atoms with van der Waals surface area (Å²) < 4.78 is 26.1. The zero-order valence-electron chi connectivity index (χ0n) is 11.0. The third-order valence-corrected chi connectivity index (χ3v) is 4.07. The Hall–Kier alpha value is -1.58. The third-order valence-electron chi connectivity index (χ3n) is 3.60. The molecular weight excluding hydrogens is 282 g/mol. The summed E-state index contributed by atoms with van der Waals surface area (Å²) >= 11 is 0. The van der Waals surface area contributed by atoms with E-state index in [-0.39, 0.29) is 30.2 Å². The number of nitrogens with one attached hydrogen (secondary N) is 1. The van der Waals surface area contributed by atoms with E-state index in [0.717, 1.165) is 19.3 Å². The highest BCUT2D eigenvalue weighted by Gasteiger charge is 2.33. The second-order valence-corrected chi connectivity index (χ2v) is 6.27. The van der Waals surface area contributed by atoms with Crippen LogP contribution in [0.1, 0.15) is 19.3 Å². The molecule has 2 aliphatic rings. The van der Waals surface area contributed by atoms with Crippen molar-refractivity contribution < 1.29 is 12.6 Å². The summed E-state index contributed by atoms with van der Waals surface area (Å²) in [7, 11) is -3.89. The van der Waals surface area contributed by atoms with Crippen LogP contribution in [-0.2, 0) is 14.5 Å². The van der Waals surface area contributed by atoms with Crippen LogP contribution in [0.4, 0.5) is 0 Å². The summed E-state index contributed by atoms with van der Waals surface area (Å²) in [4.78, 5) is 1.81. The van der Waals surface area contributed by atoms with E-state index in [2.05, 4.69) is 4.18 Å². The molecule has 0 spiro atoms. The second kappa shape index (κ2) is 5.43. The van der Waals surface area contributed by atoms with Gasteiger partial charge in [-0.2, -0.15) is 8.42 Å². The van der Waals surface area contributed by atoms with Gasteiger partial charge >= 0.3 is 10.3 Å². The lowest BCUT2D eigenvalue weighted by molar-refractivity contribution is 0.251. The summed E-state index contributed by atoms with van der Waals surface area (Å²) in [6, 6.07) is 0.129. The van der Waals surface area contributed by atoms with Gasteiger partial charge in [-0.3, -0.25) is 9.59 Å². The van der Waals surface area contributed by atoms with Crippen molar-refractivity contribution in [3.8, 4) is 0 Å². The van der Waals surface area contributed by atoms with Crippen LogP contribution in [0.25, 0.3) is 0 Å². The van der Waals surface area contributed by atoms with Gasteiger partial charge in [-0.1, -0.05) is 0 Å². The van der Waals surface area contributed by atoms with Gasteiger partial charge in [-0.15, -0.1) is 0 Å². The Bertz CT molecular complexity index is 565. The van der Waals surface area contributed by atoms with E-state index in [4.69, 9.17) is 22.0 Å². The van der Waals surface area contributed by atoms with Crippen LogP contribution in [-0.4, -0.2) is 31.8 Å². The minimum absolute atomic E-state index is 0.0853. The van der Waals surface area contributed by atoms with Crippen molar-refractivity contribution in [2.24, 2.45) is 22.5 Å². The summed E-state index contributed by atoms with van der Waals surface area (Å²) in [5.74, 6) is 0.520. The van der Waals surface area contributed by atoms with Gasteiger partial charge in [0.05, 0.1) is 12.2 Å². The van der Waals surface area contributed by atoms with Crippen LogP contribution >= 0.6 is 0 Å². The average molecular weight is 301 g/mol. The smallest absolute Gasteiger partial charge is 0.333 e. The molecule has 2 atom stereocenters. The minimum atomic E-state index is -3.89. The minimum Gasteiger partial charge on any atom is -0.385 e. The molecule has 0 aromatic carbocycles. The molecule has 7 N–H and O–H groups in total. The average Bonchev–Trinajstić information content (AvgIpc) is 2.91. The molecule has 112 valence electrons. The topological polar surface area (TPSA) is 149 Å². The summed E-state index contributed by atoms with van der Waals surface area (Å²) in [6.07, 6.45) is 5.91. The quantitative estimate of drug-likeness (QED) is 0.540. The first-order valence-electron chi connectivity index (χ1n) is 6.25. The van der Waals surface area contributed by atoms with Gasteiger partial charge in [0.25, 0.3) is 0 Å². The van der Waals surface area contributed by atoms with Gasteiger partial charge in [0.2, 0.25) is 0 Å². The van der Waals surface area contributed by atoms with Crippen molar-refractivity contribution in [1.29, 1.82) is 5.41 Å². The Kier molecular flexibility index (Phi) is 4.02. The molecule has 9 heteroatoms. The van der Waals surface area contributed by atoms with E-state index in [1.807, 2.05) is 4.90 Å². The Morgan fingerprint density at radius 2 is 2.15 bits per heavy atom. The zero-order valence-corrected chi connectivity index (χ0v) is 11.8. The number of rotatable bonds is 4. The third kappa shape index (κ3) is 3.30. The molecule has 1 aliphatic carbocycles. The lowest BCUT2D eigenvalue weighted by atomic mass is 10.1. The fourth-order valence-corrected chi connectivity index (χ4v) is 3.01. The van der Waals surface area contributed by atoms with Crippen molar-refractivity contribution >= 4 is 16.1 Å². The highest BCUT2D eigenvalue weighted by molar-refractivity contribution is 7.84. The molecule has 1 saturated carbocycles.